The van der Waals surface area contributed by atoms with Gasteiger partial charge in [0.2, 0.25) is 12.1 Å². The molecule has 1 aromatic heterocycles. The van der Waals surface area contributed by atoms with Crippen LogP contribution in [0.4, 0.5) is 0 Å². The lowest BCUT2D eigenvalue weighted by atomic mass is 9.55. The summed E-state index contributed by atoms with van der Waals surface area (Å²) in [7, 11) is 0. The zero-order valence-corrected chi connectivity index (χ0v) is 31.1. The fourth-order valence-electron chi connectivity index (χ4n) is 9.03. The van der Waals surface area contributed by atoms with Crippen LogP contribution in [0.5, 0.6) is 11.5 Å². The zero-order valence-electron chi connectivity index (χ0n) is 31.1. The molecule has 11 nitrogen and oxygen atoms in total. The number of hydrogen-bond acceptors (Lipinski definition) is 10. The summed E-state index contributed by atoms with van der Waals surface area (Å²) < 4.78 is 28.5. The molecule has 2 aliphatic carbocycles. The molecule has 3 aromatic rings. The Hall–Kier alpha value is -4.29. The van der Waals surface area contributed by atoms with Crippen LogP contribution < -0.4 is 9.47 Å². The summed E-state index contributed by atoms with van der Waals surface area (Å²) in [4.78, 5) is 6.25. The van der Waals surface area contributed by atoms with Crippen LogP contribution in [0.3, 0.4) is 0 Å². The molecular weight excluding hydrogens is 684 g/mol. The summed E-state index contributed by atoms with van der Waals surface area (Å²) in [6.07, 6.45) is 15.4. The molecule has 7 rings (SSSR count). The first-order valence-corrected chi connectivity index (χ1v) is 19.7. The third kappa shape index (κ3) is 7.77. The third-order valence-corrected chi connectivity index (χ3v) is 11.4. The van der Waals surface area contributed by atoms with Gasteiger partial charge in [-0.15, -0.1) is 11.7 Å². The molecule has 1 saturated heterocycles. The molecule has 1 saturated carbocycles. The Morgan fingerprint density at radius 2 is 1.80 bits per heavy atom. The predicted molar refractivity (Wildman–Crippen MR) is 206 cm³/mol. The largest absolute Gasteiger partial charge is 0.490 e. The first kappa shape index (κ1) is 38.0. The van der Waals surface area contributed by atoms with E-state index in [0.717, 1.165) is 91.0 Å². The number of fused-ring (bicyclic) bond motifs is 2. The molecule has 2 fully saturated rings. The Labute approximate surface area is 318 Å². The average molecular weight is 739 g/mol. The Kier molecular flexibility index (Phi) is 12.6. The van der Waals surface area contributed by atoms with E-state index in [1.54, 1.807) is 18.3 Å². The number of hydrogen-bond donors (Lipinski definition) is 2. The summed E-state index contributed by atoms with van der Waals surface area (Å²) in [5, 5.41) is 33.9. The van der Waals surface area contributed by atoms with Crippen molar-refractivity contribution in [3.05, 3.63) is 97.3 Å². The van der Waals surface area contributed by atoms with E-state index in [4.69, 9.17) is 34.2 Å². The normalized spacial score (nSPS) is 28.0. The van der Waals surface area contributed by atoms with E-state index in [9.17, 15) is 10.2 Å². The van der Waals surface area contributed by atoms with E-state index in [1.807, 2.05) is 35.0 Å². The van der Waals surface area contributed by atoms with E-state index in [2.05, 4.69) is 42.5 Å². The molecule has 2 aromatic carbocycles. The molecule has 0 spiro atoms. The van der Waals surface area contributed by atoms with Gasteiger partial charge in [0, 0.05) is 43.1 Å². The third-order valence-electron chi connectivity index (χ3n) is 11.4. The van der Waals surface area contributed by atoms with Gasteiger partial charge in [-0.3, -0.25) is 0 Å². The van der Waals surface area contributed by atoms with Crippen LogP contribution in [0.2, 0.25) is 0 Å². The number of aromatic nitrogens is 3. The highest BCUT2D eigenvalue weighted by molar-refractivity contribution is 6.02. The molecule has 3 heterocycles. The molecule has 4 aliphatic rings. The molecule has 54 heavy (non-hydrogen) atoms. The van der Waals surface area contributed by atoms with E-state index in [-0.39, 0.29) is 43.5 Å². The molecule has 1 unspecified atom stereocenters. The number of unbranched alkanes of at least 4 members (excludes halogenated alkanes) is 2. The minimum absolute atomic E-state index is 0.0914. The number of nitrogens with zero attached hydrogens (tertiary/aromatic N) is 4. The number of oxime groups is 1. The Morgan fingerprint density at radius 1 is 0.981 bits per heavy atom. The van der Waals surface area contributed by atoms with Gasteiger partial charge >= 0.3 is 0 Å². The number of benzene rings is 2. The van der Waals surface area contributed by atoms with Gasteiger partial charge in [-0.2, -0.15) is 0 Å². The lowest BCUT2D eigenvalue weighted by Crippen LogP contribution is -2.63. The second-order valence-electron chi connectivity index (χ2n) is 14.7. The molecule has 11 heteroatoms. The van der Waals surface area contributed by atoms with Crippen molar-refractivity contribution in [3.63, 3.8) is 0 Å². The maximum Gasteiger partial charge on any atom is 0.241 e. The van der Waals surface area contributed by atoms with Gasteiger partial charge in [0.25, 0.3) is 0 Å². The Balaban J connectivity index is 1.45. The molecule has 0 amide bonds. The summed E-state index contributed by atoms with van der Waals surface area (Å²) in [6, 6.07) is 15.7. The van der Waals surface area contributed by atoms with Gasteiger partial charge in [-0.1, -0.05) is 78.3 Å². The highest BCUT2D eigenvalue weighted by atomic mass is 16.8. The minimum Gasteiger partial charge on any atom is -0.490 e. The fraction of sp³-hybridized carbons (Fsp3) is 0.512. The van der Waals surface area contributed by atoms with Crippen molar-refractivity contribution in [2.24, 2.45) is 22.9 Å². The van der Waals surface area contributed by atoms with Crippen molar-refractivity contribution < 1.29 is 34.0 Å². The average Bonchev–Trinajstić information content (AvgIpc) is 3.70. The molecule has 0 bridgehead atoms. The number of aliphatic hydroxyl groups is 2. The van der Waals surface area contributed by atoms with Crippen molar-refractivity contribution in [1.82, 2.24) is 15.0 Å². The van der Waals surface area contributed by atoms with Gasteiger partial charge in [0.1, 0.15) is 24.1 Å². The van der Waals surface area contributed by atoms with Gasteiger partial charge < -0.3 is 34.0 Å². The van der Waals surface area contributed by atoms with Gasteiger partial charge in [-0.25, -0.2) is 4.68 Å². The van der Waals surface area contributed by atoms with Crippen LogP contribution in [0.25, 0.3) is 11.3 Å². The second-order valence-corrected chi connectivity index (χ2v) is 14.7. The van der Waals surface area contributed by atoms with E-state index >= 15 is 0 Å². The smallest absolute Gasteiger partial charge is 0.241 e. The first-order valence-electron chi connectivity index (χ1n) is 19.7. The standard InChI is InChI=1S/C43H54N4O7/c1-3-23-50-32-19-20-38-35(27-32)41-33(17-9-12-22-49)31(16-8-11-21-48)26-34-36(45-54-40-18-10-13-25-51-40)28-39(43(53-38,42(34)41)52-24-4-2)47-37(29-44-46-47)30-14-6-5-7-15-30/h3-7,14-15,19-20,26-27,29,31,33,39-42,48-49H,1-2,8-13,16-18,21-25,28H2/t31-,33+,39-,40?,41+,42+,43+/m0/s1. The maximum atomic E-state index is 9.91. The van der Waals surface area contributed by atoms with Crippen molar-refractivity contribution >= 4 is 5.71 Å². The summed E-state index contributed by atoms with van der Waals surface area (Å²) >= 11 is 0. The van der Waals surface area contributed by atoms with Gasteiger partial charge in [0.05, 0.1) is 36.7 Å². The molecule has 2 N–H and O–H groups in total. The van der Waals surface area contributed by atoms with Crippen LogP contribution in [0, 0.1) is 17.8 Å². The summed E-state index contributed by atoms with van der Waals surface area (Å²) in [6.45, 7) is 9.45. The van der Waals surface area contributed by atoms with Gasteiger partial charge in [-0.05, 0) is 74.1 Å². The number of aliphatic hydroxyl groups excluding tert-OH is 2. The van der Waals surface area contributed by atoms with Crippen LogP contribution in [-0.2, 0) is 14.3 Å². The minimum atomic E-state index is -1.25. The van der Waals surface area contributed by atoms with E-state index in [1.165, 1.54) is 0 Å². The van der Waals surface area contributed by atoms with Crippen molar-refractivity contribution in [2.45, 2.75) is 88.2 Å². The summed E-state index contributed by atoms with van der Waals surface area (Å²) in [5.41, 5.74) is 4.70. The second kappa shape index (κ2) is 17.9. The van der Waals surface area contributed by atoms with Crippen LogP contribution >= 0.6 is 0 Å². The zero-order chi connectivity index (χ0) is 37.3. The Morgan fingerprint density at radius 3 is 2.56 bits per heavy atom. The van der Waals surface area contributed by atoms with Crippen molar-refractivity contribution in [1.29, 1.82) is 0 Å². The number of rotatable bonds is 18. The van der Waals surface area contributed by atoms with E-state index in [0.29, 0.717) is 26.1 Å². The van der Waals surface area contributed by atoms with Crippen molar-refractivity contribution in [3.8, 4) is 22.8 Å². The monoisotopic (exact) mass is 738 g/mol. The Bertz CT molecular complexity index is 1770. The lowest BCUT2D eigenvalue weighted by Gasteiger charge is -2.58. The number of allylic oxidation sites excluding steroid dienone is 1. The molecule has 288 valence electrons. The number of ether oxygens (including phenoxy) is 4. The van der Waals surface area contributed by atoms with Crippen LogP contribution in [0.15, 0.2) is 96.8 Å². The van der Waals surface area contributed by atoms with Crippen LogP contribution in [-0.4, -0.2) is 76.0 Å². The highest BCUT2D eigenvalue weighted by Gasteiger charge is 2.65. The predicted octanol–water partition coefficient (Wildman–Crippen LogP) is 7.54. The quantitative estimate of drug-likeness (QED) is 0.0773. The maximum absolute atomic E-state index is 9.91. The highest BCUT2D eigenvalue weighted by Crippen LogP contribution is 2.63. The van der Waals surface area contributed by atoms with E-state index < -0.39 is 18.1 Å². The van der Waals surface area contributed by atoms with Gasteiger partial charge in [0.15, 0.2) is 0 Å². The first-order chi connectivity index (χ1) is 26.6. The topological polar surface area (TPSA) is 130 Å². The SMILES string of the molecule is C=CCOc1ccc2c(c1)[C@H]1[C@H](CCCCO)[C@@H](CCCCO)C=C3C(=NOC4CCCCO4)C[C@H](n4nncc4-c4ccccc4)[C@@](OCC=C)(O2)[C@H]31. The van der Waals surface area contributed by atoms with Crippen molar-refractivity contribution in [2.75, 3.05) is 33.0 Å². The molecule has 2 aliphatic heterocycles. The fourth-order valence-corrected chi connectivity index (χ4v) is 9.03. The van der Waals surface area contributed by atoms with Crippen LogP contribution in [0.1, 0.15) is 81.7 Å². The molecule has 0 radical (unpaired) electrons. The molecule has 7 atom stereocenters. The lowest BCUT2D eigenvalue weighted by molar-refractivity contribution is -0.252. The molecular formula is C43H54N4O7. The summed E-state index contributed by atoms with van der Waals surface area (Å²) in [5.74, 6) is 0.101.